The number of nitrogens with zero attached hydrogens (tertiary/aromatic N) is 1. The summed E-state index contributed by atoms with van der Waals surface area (Å²) in [6, 6.07) is 20.8. The van der Waals surface area contributed by atoms with E-state index in [4.69, 9.17) is 0 Å². The number of carbonyl (C=O) groups excluding carboxylic acids is 2. The molecule has 2 heterocycles. The fourth-order valence-corrected chi connectivity index (χ4v) is 3.42. The Morgan fingerprint density at radius 2 is 1.93 bits per heavy atom. The molecule has 1 atom stereocenters. The summed E-state index contributed by atoms with van der Waals surface area (Å²) in [6.07, 6.45) is 3.15. The van der Waals surface area contributed by atoms with E-state index in [9.17, 15) is 9.59 Å². The lowest BCUT2D eigenvalue weighted by atomic mass is 9.89. The summed E-state index contributed by atoms with van der Waals surface area (Å²) in [7, 11) is 0. The first kappa shape index (κ1) is 19.4. The molecule has 5 nitrogen and oxygen atoms in total. The fraction of sp³-hybridized carbons (Fsp3) is 0.160. The lowest BCUT2D eigenvalue weighted by Gasteiger charge is -2.24. The van der Waals surface area contributed by atoms with Gasteiger partial charge in [-0.05, 0) is 60.7 Å². The smallest absolute Gasteiger partial charge is 0.227 e. The third kappa shape index (κ3) is 4.92. The molecule has 1 unspecified atom stereocenters. The van der Waals surface area contributed by atoms with Crippen molar-refractivity contribution in [2.75, 3.05) is 10.6 Å². The average Bonchev–Trinajstić information content (AvgIpc) is 2.77. The van der Waals surface area contributed by atoms with Crippen LogP contribution in [0, 0.1) is 17.8 Å². The Labute approximate surface area is 175 Å². The van der Waals surface area contributed by atoms with E-state index in [2.05, 4.69) is 27.5 Å². The highest BCUT2D eigenvalue weighted by atomic mass is 16.2. The van der Waals surface area contributed by atoms with E-state index in [1.807, 2.05) is 66.7 Å². The van der Waals surface area contributed by atoms with Crippen LogP contribution < -0.4 is 10.6 Å². The molecule has 0 aliphatic carbocycles. The Kier molecular flexibility index (Phi) is 5.86. The van der Waals surface area contributed by atoms with Crippen LogP contribution in [0.4, 0.5) is 11.4 Å². The molecule has 2 amide bonds. The minimum Gasteiger partial charge on any atom is -0.326 e. The molecule has 0 saturated carbocycles. The number of benzene rings is 2. The minimum absolute atomic E-state index is 0.0201. The molecule has 0 radical (unpaired) electrons. The summed E-state index contributed by atoms with van der Waals surface area (Å²) < 4.78 is 0. The third-order valence-electron chi connectivity index (χ3n) is 4.98. The van der Waals surface area contributed by atoms with Crippen molar-refractivity contribution >= 4 is 23.2 Å². The molecule has 4 rings (SSSR count). The monoisotopic (exact) mass is 395 g/mol. The van der Waals surface area contributed by atoms with Gasteiger partial charge in [0.15, 0.2) is 0 Å². The molecule has 3 aromatic rings. The molecular weight excluding hydrogens is 374 g/mol. The maximum Gasteiger partial charge on any atom is 0.227 e. The quantitative estimate of drug-likeness (QED) is 0.656. The fourth-order valence-electron chi connectivity index (χ4n) is 3.42. The van der Waals surface area contributed by atoms with Crippen molar-refractivity contribution in [2.24, 2.45) is 5.92 Å². The van der Waals surface area contributed by atoms with Gasteiger partial charge in [-0.3, -0.25) is 9.59 Å². The summed E-state index contributed by atoms with van der Waals surface area (Å²) in [5, 5.41) is 5.83. The standard InChI is InChI=1S/C25H21N3O2/c29-24(14-12-20-17-19-7-1-2-10-23(19)28-25(20)30)27-22-9-5-6-18(16-22)11-13-21-8-3-4-15-26-21/h1-10,15-16,20H,12,14,17H2,(H,27,29)(H,28,30). The van der Waals surface area contributed by atoms with E-state index in [0.717, 1.165) is 16.8 Å². The van der Waals surface area contributed by atoms with Crippen molar-refractivity contribution in [3.8, 4) is 11.8 Å². The predicted octanol–water partition coefficient (Wildman–Crippen LogP) is 4.01. The lowest BCUT2D eigenvalue weighted by molar-refractivity contribution is -0.121. The summed E-state index contributed by atoms with van der Waals surface area (Å²) in [5.41, 5.74) is 4.15. The largest absolute Gasteiger partial charge is 0.326 e. The number of rotatable bonds is 4. The topological polar surface area (TPSA) is 71.1 Å². The molecule has 0 bridgehead atoms. The van der Waals surface area contributed by atoms with Crippen molar-refractivity contribution in [3.63, 3.8) is 0 Å². The Bertz CT molecular complexity index is 1130. The number of hydrogen-bond acceptors (Lipinski definition) is 3. The van der Waals surface area contributed by atoms with Gasteiger partial charge < -0.3 is 10.6 Å². The first-order chi connectivity index (χ1) is 14.7. The van der Waals surface area contributed by atoms with Crippen molar-refractivity contribution in [1.82, 2.24) is 4.98 Å². The van der Waals surface area contributed by atoms with Crippen molar-refractivity contribution < 1.29 is 9.59 Å². The van der Waals surface area contributed by atoms with Gasteiger partial charge in [0.1, 0.15) is 5.69 Å². The number of fused-ring (bicyclic) bond motifs is 1. The maximum absolute atomic E-state index is 12.4. The summed E-state index contributed by atoms with van der Waals surface area (Å²) in [5.74, 6) is 5.73. The highest BCUT2D eigenvalue weighted by molar-refractivity contribution is 5.96. The molecule has 2 N–H and O–H groups in total. The number of nitrogens with one attached hydrogen (secondary N) is 2. The van der Waals surface area contributed by atoms with E-state index >= 15 is 0 Å². The van der Waals surface area contributed by atoms with Crippen LogP contribution in [0.25, 0.3) is 0 Å². The molecule has 0 spiro atoms. The summed E-state index contributed by atoms with van der Waals surface area (Å²) >= 11 is 0. The molecule has 1 aliphatic rings. The van der Waals surface area contributed by atoms with Gasteiger partial charge in [0.25, 0.3) is 0 Å². The zero-order valence-electron chi connectivity index (χ0n) is 16.4. The molecule has 0 fully saturated rings. The second-order valence-electron chi connectivity index (χ2n) is 7.18. The SMILES string of the molecule is O=C(CCC1Cc2ccccc2NC1=O)Nc1cccc(C#Cc2ccccn2)c1. The van der Waals surface area contributed by atoms with E-state index in [-0.39, 0.29) is 24.2 Å². The normalized spacial score (nSPS) is 14.7. The van der Waals surface area contributed by atoms with Crippen LogP contribution >= 0.6 is 0 Å². The highest BCUT2D eigenvalue weighted by Crippen LogP contribution is 2.27. The molecule has 1 aliphatic heterocycles. The van der Waals surface area contributed by atoms with E-state index < -0.39 is 0 Å². The summed E-state index contributed by atoms with van der Waals surface area (Å²) in [6.45, 7) is 0. The van der Waals surface area contributed by atoms with Crippen LogP contribution in [-0.2, 0) is 16.0 Å². The van der Waals surface area contributed by atoms with Crippen LogP contribution in [0.15, 0.2) is 72.9 Å². The lowest BCUT2D eigenvalue weighted by Crippen LogP contribution is -2.30. The van der Waals surface area contributed by atoms with E-state index in [1.54, 1.807) is 6.20 Å². The number of carbonyl (C=O) groups is 2. The zero-order chi connectivity index (χ0) is 20.8. The number of anilines is 2. The molecule has 148 valence electrons. The second kappa shape index (κ2) is 9.06. The second-order valence-corrected chi connectivity index (χ2v) is 7.18. The first-order valence-corrected chi connectivity index (χ1v) is 9.89. The van der Waals surface area contributed by atoms with Crippen LogP contribution in [-0.4, -0.2) is 16.8 Å². The van der Waals surface area contributed by atoms with Gasteiger partial charge >= 0.3 is 0 Å². The van der Waals surface area contributed by atoms with Crippen molar-refractivity contribution in [1.29, 1.82) is 0 Å². The number of para-hydroxylation sites is 1. The van der Waals surface area contributed by atoms with Gasteiger partial charge in [-0.1, -0.05) is 36.3 Å². The van der Waals surface area contributed by atoms with Crippen LogP contribution in [0.2, 0.25) is 0 Å². The highest BCUT2D eigenvalue weighted by Gasteiger charge is 2.26. The number of pyridine rings is 1. The third-order valence-corrected chi connectivity index (χ3v) is 4.98. The van der Waals surface area contributed by atoms with Crippen LogP contribution in [0.5, 0.6) is 0 Å². The van der Waals surface area contributed by atoms with Gasteiger partial charge in [-0.25, -0.2) is 4.98 Å². The van der Waals surface area contributed by atoms with Gasteiger partial charge in [-0.2, -0.15) is 0 Å². The number of hydrogen-bond donors (Lipinski definition) is 2. The van der Waals surface area contributed by atoms with Crippen LogP contribution in [0.3, 0.4) is 0 Å². The summed E-state index contributed by atoms with van der Waals surface area (Å²) in [4.78, 5) is 28.9. The first-order valence-electron chi connectivity index (χ1n) is 9.89. The van der Waals surface area contributed by atoms with Gasteiger partial charge in [-0.15, -0.1) is 0 Å². The van der Waals surface area contributed by atoms with E-state index in [1.165, 1.54) is 0 Å². The number of aromatic nitrogens is 1. The predicted molar refractivity (Wildman–Crippen MR) is 117 cm³/mol. The number of amides is 2. The molecule has 0 saturated heterocycles. The maximum atomic E-state index is 12.4. The Morgan fingerprint density at radius 3 is 2.80 bits per heavy atom. The molecule has 5 heteroatoms. The Balaban J connectivity index is 1.34. The molecule has 30 heavy (non-hydrogen) atoms. The minimum atomic E-state index is -0.193. The zero-order valence-corrected chi connectivity index (χ0v) is 16.4. The van der Waals surface area contributed by atoms with Gasteiger partial charge in [0.2, 0.25) is 11.8 Å². The van der Waals surface area contributed by atoms with Crippen molar-refractivity contribution in [3.05, 3.63) is 89.7 Å². The molecular formula is C25H21N3O2. The van der Waals surface area contributed by atoms with Gasteiger partial charge in [0, 0.05) is 35.5 Å². The van der Waals surface area contributed by atoms with Gasteiger partial charge in [0.05, 0.1) is 0 Å². The van der Waals surface area contributed by atoms with Crippen LogP contribution in [0.1, 0.15) is 29.7 Å². The average molecular weight is 395 g/mol. The van der Waals surface area contributed by atoms with Crippen molar-refractivity contribution in [2.45, 2.75) is 19.3 Å². The molecule has 2 aromatic carbocycles. The van der Waals surface area contributed by atoms with E-state index in [0.29, 0.717) is 24.2 Å². The molecule has 1 aromatic heterocycles. The Morgan fingerprint density at radius 1 is 1.07 bits per heavy atom. The Hall–Kier alpha value is -3.91.